The van der Waals surface area contributed by atoms with Crippen LogP contribution in [0.3, 0.4) is 0 Å². The maximum atomic E-state index is 11.0. The summed E-state index contributed by atoms with van der Waals surface area (Å²) >= 11 is 1.22. The standard InChI is InChI=1S/C13H26O4S/c1-10(2)6-4-3-5-7-12(13(16)17)18-9-11(15)8-14/h10-12,14-15H,3-9H2,1-2H3,(H,16,17). The Balaban J connectivity index is 3.74. The first-order valence-electron chi connectivity index (χ1n) is 6.60. The first-order chi connectivity index (χ1) is 8.47. The summed E-state index contributed by atoms with van der Waals surface area (Å²) < 4.78 is 0. The number of hydrogen-bond donors (Lipinski definition) is 3. The Labute approximate surface area is 114 Å². The molecular formula is C13H26O4S. The molecule has 0 spiro atoms. The molecular weight excluding hydrogens is 252 g/mol. The van der Waals surface area contributed by atoms with Crippen LogP contribution < -0.4 is 0 Å². The SMILES string of the molecule is CC(C)CCCCCC(SCC(O)CO)C(=O)O. The van der Waals surface area contributed by atoms with Crippen LogP contribution in [0.4, 0.5) is 0 Å². The van der Waals surface area contributed by atoms with Crippen molar-refractivity contribution in [3.05, 3.63) is 0 Å². The lowest BCUT2D eigenvalue weighted by Gasteiger charge is -2.14. The number of carboxylic acids is 1. The summed E-state index contributed by atoms with van der Waals surface area (Å²) in [5, 5.41) is 26.4. The number of hydrogen-bond acceptors (Lipinski definition) is 4. The minimum absolute atomic E-state index is 0.277. The van der Waals surface area contributed by atoms with Crippen molar-refractivity contribution in [2.24, 2.45) is 5.92 Å². The molecule has 4 nitrogen and oxygen atoms in total. The molecule has 5 heteroatoms. The molecule has 0 aliphatic carbocycles. The highest BCUT2D eigenvalue weighted by atomic mass is 32.2. The van der Waals surface area contributed by atoms with Gasteiger partial charge in [-0.15, -0.1) is 11.8 Å². The fourth-order valence-electron chi connectivity index (χ4n) is 1.62. The minimum atomic E-state index is -0.825. The highest BCUT2D eigenvalue weighted by Crippen LogP contribution is 2.20. The van der Waals surface area contributed by atoms with Crippen molar-refractivity contribution < 1.29 is 20.1 Å². The largest absolute Gasteiger partial charge is 0.480 e. The van der Waals surface area contributed by atoms with Crippen LogP contribution in [0.5, 0.6) is 0 Å². The Morgan fingerprint density at radius 2 is 1.78 bits per heavy atom. The highest BCUT2D eigenvalue weighted by molar-refractivity contribution is 8.00. The Kier molecular flexibility index (Phi) is 10.5. The molecule has 0 bridgehead atoms. The molecule has 0 amide bonds. The fourth-order valence-corrected chi connectivity index (χ4v) is 2.65. The summed E-state index contributed by atoms with van der Waals surface area (Å²) in [4.78, 5) is 11.0. The van der Waals surface area contributed by atoms with Gasteiger partial charge in [-0.05, 0) is 12.3 Å². The van der Waals surface area contributed by atoms with E-state index in [9.17, 15) is 9.90 Å². The molecule has 0 fully saturated rings. The zero-order chi connectivity index (χ0) is 14.0. The van der Waals surface area contributed by atoms with Crippen LogP contribution in [0.2, 0.25) is 0 Å². The maximum Gasteiger partial charge on any atom is 0.316 e. The summed E-state index contributed by atoms with van der Waals surface area (Å²) in [7, 11) is 0. The lowest BCUT2D eigenvalue weighted by atomic mass is 10.0. The summed E-state index contributed by atoms with van der Waals surface area (Å²) in [5.41, 5.74) is 0. The van der Waals surface area contributed by atoms with Gasteiger partial charge in [0.1, 0.15) is 5.25 Å². The van der Waals surface area contributed by atoms with Crippen molar-refractivity contribution in [3.63, 3.8) is 0 Å². The van der Waals surface area contributed by atoms with Crippen molar-refractivity contribution in [2.45, 2.75) is 57.3 Å². The van der Waals surface area contributed by atoms with E-state index < -0.39 is 17.3 Å². The second-order valence-corrected chi connectivity index (χ2v) is 6.26. The Hall–Kier alpha value is -0.260. The molecule has 0 aromatic rings. The van der Waals surface area contributed by atoms with Crippen LogP contribution in [0.15, 0.2) is 0 Å². The van der Waals surface area contributed by atoms with E-state index >= 15 is 0 Å². The average molecular weight is 278 g/mol. The third kappa shape index (κ3) is 9.74. The van der Waals surface area contributed by atoms with E-state index in [1.54, 1.807) is 0 Å². The molecule has 0 aliphatic rings. The van der Waals surface area contributed by atoms with Gasteiger partial charge in [0.2, 0.25) is 0 Å². The fraction of sp³-hybridized carbons (Fsp3) is 0.923. The molecule has 18 heavy (non-hydrogen) atoms. The van der Waals surface area contributed by atoms with Crippen LogP contribution in [-0.2, 0) is 4.79 Å². The Bertz CT molecular complexity index is 221. The lowest BCUT2D eigenvalue weighted by molar-refractivity contribution is -0.136. The van der Waals surface area contributed by atoms with Crippen LogP contribution in [0.1, 0.15) is 46.0 Å². The molecule has 0 aliphatic heterocycles. The highest BCUT2D eigenvalue weighted by Gasteiger charge is 2.18. The van der Waals surface area contributed by atoms with Gasteiger partial charge in [-0.1, -0.05) is 39.5 Å². The van der Waals surface area contributed by atoms with Crippen LogP contribution >= 0.6 is 11.8 Å². The summed E-state index contributed by atoms with van der Waals surface area (Å²) in [6.07, 6.45) is 4.12. The van der Waals surface area contributed by atoms with E-state index in [0.29, 0.717) is 12.3 Å². The van der Waals surface area contributed by atoms with Gasteiger partial charge < -0.3 is 15.3 Å². The molecule has 0 heterocycles. The Morgan fingerprint density at radius 1 is 1.17 bits per heavy atom. The quantitative estimate of drug-likeness (QED) is 0.505. The Morgan fingerprint density at radius 3 is 2.28 bits per heavy atom. The molecule has 108 valence electrons. The first kappa shape index (κ1) is 17.7. The number of carbonyl (C=O) groups is 1. The molecule has 3 N–H and O–H groups in total. The van der Waals surface area contributed by atoms with E-state index in [1.807, 2.05) is 0 Å². The van der Waals surface area contributed by atoms with E-state index in [4.69, 9.17) is 10.2 Å². The third-order valence-corrected chi connectivity index (χ3v) is 4.14. The average Bonchev–Trinajstić information content (AvgIpc) is 2.31. The minimum Gasteiger partial charge on any atom is -0.480 e. The van der Waals surface area contributed by atoms with Crippen LogP contribution in [0.25, 0.3) is 0 Å². The second-order valence-electron chi connectivity index (χ2n) is 5.03. The third-order valence-electron chi connectivity index (χ3n) is 2.72. The lowest BCUT2D eigenvalue weighted by Crippen LogP contribution is -2.22. The monoisotopic (exact) mass is 278 g/mol. The summed E-state index contributed by atoms with van der Waals surface area (Å²) in [6.45, 7) is 4.06. The molecule has 0 saturated heterocycles. The number of rotatable bonds is 11. The predicted octanol–water partition coefficient (Wildman–Crippen LogP) is 2.13. The first-order valence-corrected chi connectivity index (χ1v) is 7.65. The topological polar surface area (TPSA) is 77.8 Å². The molecule has 2 unspecified atom stereocenters. The number of carboxylic acid groups (broad SMARTS) is 1. The molecule has 0 aromatic heterocycles. The summed E-state index contributed by atoms with van der Waals surface area (Å²) in [6, 6.07) is 0. The van der Waals surface area contributed by atoms with Gasteiger partial charge in [-0.3, -0.25) is 4.79 Å². The van der Waals surface area contributed by atoms with Gasteiger partial charge >= 0.3 is 5.97 Å². The molecule has 0 saturated carbocycles. The zero-order valence-corrected chi connectivity index (χ0v) is 12.2. The molecule has 2 atom stereocenters. The number of thioether (sulfide) groups is 1. The van der Waals surface area contributed by atoms with Gasteiger partial charge in [0.25, 0.3) is 0 Å². The molecule has 0 rings (SSSR count). The van der Waals surface area contributed by atoms with Gasteiger partial charge in [0.05, 0.1) is 12.7 Å². The van der Waals surface area contributed by atoms with Crippen molar-refractivity contribution in [1.29, 1.82) is 0 Å². The smallest absolute Gasteiger partial charge is 0.316 e. The number of aliphatic carboxylic acids is 1. The van der Waals surface area contributed by atoms with Gasteiger partial charge in [0.15, 0.2) is 0 Å². The van der Waals surface area contributed by atoms with Crippen molar-refractivity contribution in [1.82, 2.24) is 0 Å². The van der Waals surface area contributed by atoms with E-state index in [-0.39, 0.29) is 12.4 Å². The van der Waals surface area contributed by atoms with Gasteiger partial charge in [0, 0.05) is 5.75 Å². The predicted molar refractivity (Wildman–Crippen MR) is 74.9 cm³/mol. The van der Waals surface area contributed by atoms with Crippen molar-refractivity contribution in [2.75, 3.05) is 12.4 Å². The number of unbranched alkanes of at least 4 members (excludes halogenated alkanes) is 2. The van der Waals surface area contributed by atoms with Crippen LogP contribution in [-0.4, -0.2) is 45.0 Å². The number of aliphatic hydroxyl groups is 2. The van der Waals surface area contributed by atoms with E-state index in [1.165, 1.54) is 18.2 Å². The molecule has 0 radical (unpaired) electrons. The van der Waals surface area contributed by atoms with Crippen molar-refractivity contribution in [3.8, 4) is 0 Å². The van der Waals surface area contributed by atoms with Gasteiger partial charge in [-0.25, -0.2) is 0 Å². The summed E-state index contributed by atoms with van der Waals surface area (Å²) in [5.74, 6) is 0.155. The maximum absolute atomic E-state index is 11.0. The van der Waals surface area contributed by atoms with E-state index in [2.05, 4.69) is 13.8 Å². The normalized spacial score (nSPS) is 14.7. The molecule has 0 aromatic carbocycles. The van der Waals surface area contributed by atoms with Gasteiger partial charge in [-0.2, -0.15) is 0 Å². The van der Waals surface area contributed by atoms with Crippen molar-refractivity contribution >= 4 is 17.7 Å². The van der Waals surface area contributed by atoms with E-state index in [0.717, 1.165) is 19.3 Å². The number of aliphatic hydroxyl groups excluding tert-OH is 2. The zero-order valence-electron chi connectivity index (χ0n) is 11.3. The van der Waals surface area contributed by atoms with Crippen LogP contribution in [0, 0.1) is 5.92 Å². The second kappa shape index (κ2) is 10.6.